The first kappa shape index (κ1) is 15.9. The van der Waals surface area contributed by atoms with Crippen LogP contribution in [0.1, 0.15) is 19.4 Å². The van der Waals surface area contributed by atoms with Gasteiger partial charge in [-0.3, -0.25) is 10.1 Å². The SMILES string of the molecule is Cc1ccc(S(=O)(=O)N2C(C)CNCC2C)cc1[N+](=O)[O-]. The third kappa shape index (κ3) is 2.92. The van der Waals surface area contributed by atoms with Crippen LogP contribution in [0.2, 0.25) is 0 Å². The van der Waals surface area contributed by atoms with Crippen molar-refractivity contribution in [1.29, 1.82) is 0 Å². The number of hydrogen-bond acceptors (Lipinski definition) is 5. The third-order valence-electron chi connectivity index (χ3n) is 3.70. The van der Waals surface area contributed by atoms with E-state index >= 15 is 0 Å². The van der Waals surface area contributed by atoms with Gasteiger partial charge in [0.1, 0.15) is 0 Å². The minimum Gasteiger partial charge on any atom is -0.314 e. The van der Waals surface area contributed by atoms with Crippen LogP contribution in [0.25, 0.3) is 0 Å². The number of nitrogens with zero attached hydrogens (tertiary/aromatic N) is 2. The van der Waals surface area contributed by atoms with E-state index < -0.39 is 14.9 Å². The fraction of sp³-hybridized carbons (Fsp3) is 0.538. The van der Waals surface area contributed by atoms with Crippen LogP contribution >= 0.6 is 0 Å². The fourth-order valence-electron chi connectivity index (χ4n) is 2.66. The molecule has 2 atom stereocenters. The molecule has 0 amide bonds. The average Bonchev–Trinajstić information content (AvgIpc) is 2.38. The van der Waals surface area contributed by atoms with Crippen molar-refractivity contribution in [3.05, 3.63) is 33.9 Å². The van der Waals surface area contributed by atoms with Crippen molar-refractivity contribution in [3.8, 4) is 0 Å². The van der Waals surface area contributed by atoms with Gasteiger partial charge in [0.25, 0.3) is 5.69 Å². The van der Waals surface area contributed by atoms with Crippen LogP contribution in [0.3, 0.4) is 0 Å². The highest BCUT2D eigenvalue weighted by molar-refractivity contribution is 7.89. The molecule has 1 aliphatic heterocycles. The maximum Gasteiger partial charge on any atom is 0.273 e. The molecule has 1 heterocycles. The fourth-order valence-corrected chi connectivity index (χ4v) is 4.50. The molecule has 1 aromatic rings. The molecule has 0 radical (unpaired) electrons. The van der Waals surface area contributed by atoms with E-state index in [1.165, 1.54) is 16.4 Å². The van der Waals surface area contributed by atoms with Crippen LogP contribution in [0.4, 0.5) is 5.69 Å². The van der Waals surface area contributed by atoms with Crippen molar-refractivity contribution in [3.63, 3.8) is 0 Å². The number of benzene rings is 1. The van der Waals surface area contributed by atoms with Crippen molar-refractivity contribution in [2.45, 2.75) is 37.8 Å². The molecular formula is C13H19N3O4S. The van der Waals surface area contributed by atoms with Crippen LogP contribution in [0, 0.1) is 17.0 Å². The highest BCUT2D eigenvalue weighted by Crippen LogP contribution is 2.27. The van der Waals surface area contributed by atoms with Crippen LogP contribution < -0.4 is 5.32 Å². The van der Waals surface area contributed by atoms with E-state index in [0.29, 0.717) is 18.7 Å². The number of nitro groups is 1. The summed E-state index contributed by atoms with van der Waals surface area (Å²) in [7, 11) is -3.74. The summed E-state index contributed by atoms with van der Waals surface area (Å²) in [5.74, 6) is 0. The maximum atomic E-state index is 12.8. The van der Waals surface area contributed by atoms with Gasteiger partial charge >= 0.3 is 0 Å². The van der Waals surface area contributed by atoms with E-state index in [2.05, 4.69) is 5.32 Å². The Morgan fingerprint density at radius 1 is 1.29 bits per heavy atom. The molecule has 1 aliphatic rings. The Kier molecular flexibility index (Phi) is 4.31. The Bertz CT molecular complexity index is 649. The molecule has 1 aromatic carbocycles. The number of aryl methyl sites for hydroxylation is 1. The Labute approximate surface area is 124 Å². The minimum absolute atomic E-state index is 0.0274. The molecule has 1 N–H and O–H groups in total. The monoisotopic (exact) mass is 313 g/mol. The van der Waals surface area contributed by atoms with E-state index in [1.54, 1.807) is 6.92 Å². The molecule has 21 heavy (non-hydrogen) atoms. The smallest absolute Gasteiger partial charge is 0.273 e. The molecule has 7 nitrogen and oxygen atoms in total. The second-order valence-corrected chi connectivity index (χ2v) is 7.24. The summed E-state index contributed by atoms with van der Waals surface area (Å²) in [5.41, 5.74) is 0.270. The first-order valence-electron chi connectivity index (χ1n) is 6.74. The number of sulfonamides is 1. The van der Waals surface area contributed by atoms with Gasteiger partial charge in [0.05, 0.1) is 9.82 Å². The molecule has 1 saturated heterocycles. The molecule has 0 bridgehead atoms. The predicted octanol–water partition coefficient (Wildman–Crippen LogP) is 1.27. The summed E-state index contributed by atoms with van der Waals surface area (Å²) in [6.07, 6.45) is 0. The molecule has 0 saturated carbocycles. The van der Waals surface area contributed by atoms with Crippen molar-refractivity contribution in [1.82, 2.24) is 9.62 Å². The van der Waals surface area contributed by atoms with Gasteiger partial charge in [0, 0.05) is 36.8 Å². The van der Waals surface area contributed by atoms with Crippen molar-refractivity contribution in [2.24, 2.45) is 0 Å². The van der Waals surface area contributed by atoms with Crippen molar-refractivity contribution < 1.29 is 13.3 Å². The number of nitro benzene ring substituents is 1. The minimum atomic E-state index is -3.74. The zero-order valence-electron chi connectivity index (χ0n) is 12.2. The van der Waals surface area contributed by atoms with Crippen molar-refractivity contribution in [2.75, 3.05) is 13.1 Å². The molecule has 0 aromatic heterocycles. The molecule has 0 spiro atoms. The van der Waals surface area contributed by atoms with Gasteiger partial charge in [-0.05, 0) is 26.8 Å². The number of piperazine rings is 1. The van der Waals surface area contributed by atoms with E-state index in [9.17, 15) is 18.5 Å². The highest BCUT2D eigenvalue weighted by atomic mass is 32.2. The summed E-state index contributed by atoms with van der Waals surface area (Å²) in [4.78, 5) is 10.4. The molecule has 2 unspecified atom stereocenters. The zero-order valence-corrected chi connectivity index (χ0v) is 13.1. The van der Waals surface area contributed by atoms with Gasteiger partial charge < -0.3 is 5.32 Å². The van der Waals surface area contributed by atoms with Gasteiger partial charge in [-0.25, -0.2) is 8.42 Å². The quantitative estimate of drug-likeness (QED) is 0.670. The van der Waals surface area contributed by atoms with E-state index in [-0.39, 0.29) is 22.7 Å². The van der Waals surface area contributed by atoms with Gasteiger partial charge in [-0.2, -0.15) is 4.31 Å². The third-order valence-corrected chi connectivity index (χ3v) is 5.83. The zero-order chi connectivity index (χ0) is 15.8. The normalized spacial score (nSPS) is 24.0. The lowest BCUT2D eigenvalue weighted by atomic mass is 10.2. The topological polar surface area (TPSA) is 92.6 Å². The summed E-state index contributed by atoms with van der Waals surface area (Å²) in [6.45, 7) is 6.37. The molecule has 1 fully saturated rings. The molecule has 2 rings (SSSR count). The first-order chi connectivity index (χ1) is 9.75. The molecule has 116 valence electrons. The second-order valence-electron chi connectivity index (χ2n) is 5.40. The van der Waals surface area contributed by atoms with Crippen LogP contribution in [-0.2, 0) is 10.0 Å². The molecule has 8 heteroatoms. The summed E-state index contributed by atoms with van der Waals surface area (Å²) >= 11 is 0. The Balaban J connectivity index is 2.48. The van der Waals surface area contributed by atoms with Crippen LogP contribution in [0.15, 0.2) is 23.1 Å². The lowest BCUT2D eigenvalue weighted by molar-refractivity contribution is -0.385. The van der Waals surface area contributed by atoms with E-state index in [0.717, 1.165) is 6.07 Å². The van der Waals surface area contributed by atoms with Gasteiger partial charge in [0.15, 0.2) is 0 Å². The highest BCUT2D eigenvalue weighted by Gasteiger charge is 2.36. The Morgan fingerprint density at radius 3 is 2.38 bits per heavy atom. The number of rotatable bonds is 3. The summed E-state index contributed by atoms with van der Waals surface area (Å²) in [6, 6.07) is 3.66. The average molecular weight is 313 g/mol. The Hall–Kier alpha value is -1.51. The van der Waals surface area contributed by atoms with Gasteiger partial charge in [-0.15, -0.1) is 0 Å². The standard InChI is InChI=1S/C13H19N3O4S/c1-9-4-5-12(6-13(9)16(17)18)21(19,20)15-10(2)7-14-8-11(15)3/h4-6,10-11,14H,7-8H2,1-3H3. The van der Waals surface area contributed by atoms with E-state index in [1.807, 2.05) is 13.8 Å². The second kappa shape index (κ2) is 5.70. The first-order valence-corrected chi connectivity index (χ1v) is 8.18. The summed E-state index contributed by atoms with van der Waals surface area (Å²) < 4.78 is 27.0. The molecular weight excluding hydrogens is 294 g/mol. The van der Waals surface area contributed by atoms with Crippen LogP contribution in [0.5, 0.6) is 0 Å². The van der Waals surface area contributed by atoms with Gasteiger partial charge in [0.2, 0.25) is 10.0 Å². The lowest BCUT2D eigenvalue weighted by Gasteiger charge is -2.38. The van der Waals surface area contributed by atoms with Crippen LogP contribution in [-0.4, -0.2) is 42.8 Å². The van der Waals surface area contributed by atoms with Crippen molar-refractivity contribution >= 4 is 15.7 Å². The lowest BCUT2D eigenvalue weighted by Crippen LogP contribution is -2.57. The Morgan fingerprint density at radius 2 is 1.86 bits per heavy atom. The number of nitrogens with one attached hydrogen (secondary N) is 1. The van der Waals surface area contributed by atoms with E-state index in [4.69, 9.17) is 0 Å². The largest absolute Gasteiger partial charge is 0.314 e. The molecule has 0 aliphatic carbocycles. The maximum absolute atomic E-state index is 12.8. The predicted molar refractivity (Wildman–Crippen MR) is 78.7 cm³/mol. The summed E-state index contributed by atoms with van der Waals surface area (Å²) in [5, 5.41) is 14.2. The number of hydrogen-bond donors (Lipinski definition) is 1. The van der Waals surface area contributed by atoms with Gasteiger partial charge in [-0.1, -0.05) is 6.07 Å².